The minimum Gasteiger partial charge on any atom is -0.395 e. The summed E-state index contributed by atoms with van der Waals surface area (Å²) in [5.74, 6) is 0.0152. The molecule has 25 heavy (non-hydrogen) atoms. The SMILES string of the molecule is CC/C=C/C/C=C\C/C=C\C/C=C\C/C=C/CCCC(=O)NCCO. The van der Waals surface area contributed by atoms with Crippen LogP contribution < -0.4 is 5.32 Å². The monoisotopic (exact) mass is 345 g/mol. The van der Waals surface area contributed by atoms with Crippen LogP contribution in [0.15, 0.2) is 60.8 Å². The number of aliphatic hydroxyl groups excluding tert-OH is 1. The average molecular weight is 346 g/mol. The number of aliphatic hydroxyl groups is 1. The summed E-state index contributed by atoms with van der Waals surface area (Å²) in [6.07, 6.45) is 29.1. The van der Waals surface area contributed by atoms with E-state index in [1.165, 1.54) is 0 Å². The van der Waals surface area contributed by atoms with Crippen molar-refractivity contribution in [3.05, 3.63) is 60.8 Å². The number of hydrogen-bond acceptors (Lipinski definition) is 2. The van der Waals surface area contributed by atoms with Crippen LogP contribution in [-0.4, -0.2) is 24.2 Å². The molecule has 0 aliphatic carbocycles. The fourth-order valence-corrected chi connectivity index (χ4v) is 2.03. The van der Waals surface area contributed by atoms with Crippen molar-refractivity contribution in [3.8, 4) is 0 Å². The second-order valence-corrected chi connectivity index (χ2v) is 5.67. The minimum atomic E-state index is 0.000507. The van der Waals surface area contributed by atoms with Crippen LogP contribution in [0.3, 0.4) is 0 Å². The zero-order chi connectivity index (χ0) is 18.4. The smallest absolute Gasteiger partial charge is 0.220 e. The number of unbranched alkanes of at least 4 members (excludes halogenated alkanes) is 1. The fourth-order valence-electron chi connectivity index (χ4n) is 2.03. The number of carbonyl (C=O) groups is 1. The highest BCUT2D eigenvalue weighted by Crippen LogP contribution is 1.99. The first-order valence-corrected chi connectivity index (χ1v) is 9.43. The lowest BCUT2D eigenvalue weighted by Gasteiger charge is -2.00. The molecule has 0 atom stereocenters. The molecule has 0 heterocycles. The molecule has 0 aliphatic rings. The zero-order valence-electron chi connectivity index (χ0n) is 15.7. The van der Waals surface area contributed by atoms with Gasteiger partial charge in [-0.3, -0.25) is 4.79 Å². The van der Waals surface area contributed by atoms with Crippen LogP contribution in [0.1, 0.15) is 58.3 Å². The van der Waals surface area contributed by atoms with Crippen molar-refractivity contribution in [2.45, 2.75) is 58.3 Å². The van der Waals surface area contributed by atoms with Crippen LogP contribution in [0.25, 0.3) is 0 Å². The summed E-state index contributed by atoms with van der Waals surface area (Å²) in [4.78, 5) is 11.3. The zero-order valence-corrected chi connectivity index (χ0v) is 15.7. The molecule has 3 nitrogen and oxygen atoms in total. The highest BCUT2D eigenvalue weighted by atomic mass is 16.3. The summed E-state index contributed by atoms with van der Waals surface area (Å²) < 4.78 is 0. The van der Waals surface area contributed by atoms with Crippen LogP contribution >= 0.6 is 0 Å². The Hall–Kier alpha value is -1.87. The summed E-state index contributed by atoms with van der Waals surface area (Å²) in [6, 6.07) is 0. The van der Waals surface area contributed by atoms with Gasteiger partial charge < -0.3 is 10.4 Å². The molecule has 140 valence electrons. The molecule has 0 fully saturated rings. The molecule has 2 N–H and O–H groups in total. The van der Waals surface area contributed by atoms with E-state index >= 15 is 0 Å². The molecule has 0 spiro atoms. The molecule has 0 aromatic rings. The number of amides is 1. The van der Waals surface area contributed by atoms with Crippen molar-refractivity contribution in [1.29, 1.82) is 0 Å². The van der Waals surface area contributed by atoms with Gasteiger partial charge in [0.25, 0.3) is 0 Å². The van der Waals surface area contributed by atoms with Gasteiger partial charge in [-0.2, -0.15) is 0 Å². The molecule has 0 aliphatic heterocycles. The molecule has 0 rings (SSSR count). The standard InChI is InChI=1S/C22H35NO2/c1-2-3-4-5-6-7-8-9-10-11-12-13-14-15-16-17-18-19-22(25)23-20-21-24/h3-4,6-7,9-10,12-13,15-16,24H,2,5,8,11,14,17-21H2,1H3,(H,23,25)/b4-3+,7-6-,10-9-,13-12-,16-15+. The molecule has 0 saturated heterocycles. The van der Waals surface area contributed by atoms with E-state index < -0.39 is 0 Å². The van der Waals surface area contributed by atoms with Gasteiger partial charge in [0, 0.05) is 13.0 Å². The Morgan fingerprint density at radius 1 is 0.800 bits per heavy atom. The highest BCUT2D eigenvalue weighted by molar-refractivity contribution is 5.75. The summed E-state index contributed by atoms with van der Waals surface area (Å²) in [5, 5.41) is 11.2. The summed E-state index contributed by atoms with van der Waals surface area (Å²) >= 11 is 0. The second kappa shape index (κ2) is 20.2. The molecule has 0 unspecified atom stereocenters. The van der Waals surface area contributed by atoms with E-state index in [0.29, 0.717) is 13.0 Å². The normalized spacial score (nSPS) is 12.6. The van der Waals surface area contributed by atoms with E-state index in [4.69, 9.17) is 5.11 Å². The van der Waals surface area contributed by atoms with Gasteiger partial charge in [0.05, 0.1) is 6.61 Å². The third kappa shape index (κ3) is 20.1. The van der Waals surface area contributed by atoms with Gasteiger partial charge in [-0.15, -0.1) is 0 Å². The maximum atomic E-state index is 11.3. The van der Waals surface area contributed by atoms with Crippen LogP contribution in [0.4, 0.5) is 0 Å². The Balaban J connectivity index is 3.49. The van der Waals surface area contributed by atoms with Gasteiger partial charge in [-0.1, -0.05) is 67.7 Å². The first-order valence-electron chi connectivity index (χ1n) is 9.43. The molecule has 1 amide bonds. The van der Waals surface area contributed by atoms with E-state index in [0.717, 1.165) is 44.9 Å². The number of allylic oxidation sites excluding steroid dienone is 10. The topological polar surface area (TPSA) is 49.3 Å². The Morgan fingerprint density at radius 2 is 1.28 bits per heavy atom. The van der Waals surface area contributed by atoms with Crippen LogP contribution in [0, 0.1) is 0 Å². The van der Waals surface area contributed by atoms with Crippen LogP contribution in [0.2, 0.25) is 0 Å². The predicted octanol–water partition coefficient (Wildman–Crippen LogP) is 5.02. The lowest BCUT2D eigenvalue weighted by atomic mass is 10.2. The molecule has 0 saturated carbocycles. The lowest BCUT2D eigenvalue weighted by Crippen LogP contribution is -2.25. The van der Waals surface area contributed by atoms with Gasteiger partial charge in [0.15, 0.2) is 0 Å². The van der Waals surface area contributed by atoms with E-state index in [-0.39, 0.29) is 12.5 Å². The molecular weight excluding hydrogens is 310 g/mol. The van der Waals surface area contributed by atoms with Gasteiger partial charge in [0.1, 0.15) is 0 Å². The van der Waals surface area contributed by atoms with Crippen molar-refractivity contribution in [1.82, 2.24) is 5.32 Å². The number of carbonyl (C=O) groups excluding carboxylic acids is 1. The van der Waals surface area contributed by atoms with E-state index in [1.807, 2.05) is 0 Å². The first-order chi connectivity index (χ1) is 12.3. The largest absolute Gasteiger partial charge is 0.395 e. The average Bonchev–Trinajstić information content (AvgIpc) is 2.62. The van der Waals surface area contributed by atoms with Crippen molar-refractivity contribution in [3.63, 3.8) is 0 Å². The number of rotatable bonds is 15. The van der Waals surface area contributed by atoms with E-state index in [9.17, 15) is 4.79 Å². The molecule has 0 radical (unpaired) electrons. The molecule has 0 aromatic heterocycles. The van der Waals surface area contributed by atoms with Crippen molar-refractivity contribution in [2.24, 2.45) is 0 Å². The van der Waals surface area contributed by atoms with Crippen LogP contribution in [0.5, 0.6) is 0 Å². The molecular formula is C22H35NO2. The molecule has 3 heteroatoms. The Bertz CT molecular complexity index is 445. The highest BCUT2D eigenvalue weighted by Gasteiger charge is 1.97. The van der Waals surface area contributed by atoms with Gasteiger partial charge in [-0.05, 0) is 44.9 Å². The summed E-state index contributed by atoms with van der Waals surface area (Å²) in [6.45, 7) is 2.50. The second-order valence-electron chi connectivity index (χ2n) is 5.67. The first kappa shape index (κ1) is 23.1. The fraction of sp³-hybridized carbons (Fsp3) is 0.500. The quantitative estimate of drug-likeness (QED) is 0.323. The summed E-state index contributed by atoms with van der Waals surface area (Å²) in [7, 11) is 0. The number of nitrogens with one attached hydrogen (secondary N) is 1. The Labute approximate surface area is 153 Å². The predicted molar refractivity (Wildman–Crippen MR) is 108 cm³/mol. The van der Waals surface area contributed by atoms with E-state index in [1.54, 1.807) is 0 Å². The molecule has 0 bridgehead atoms. The Kier molecular flexibility index (Phi) is 18.7. The van der Waals surface area contributed by atoms with Crippen molar-refractivity contribution < 1.29 is 9.90 Å². The lowest BCUT2D eigenvalue weighted by molar-refractivity contribution is -0.121. The van der Waals surface area contributed by atoms with Crippen LogP contribution in [-0.2, 0) is 4.79 Å². The van der Waals surface area contributed by atoms with Gasteiger partial charge >= 0.3 is 0 Å². The third-order valence-electron chi connectivity index (χ3n) is 3.37. The third-order valence-corrected chi connectivity index (χ3v) is 3.37. The Morgan fingerprint density at radius 3 is 1.76 bits per heavy atom. The maximum Gasteiger partial charge on any atom is 0.220 e. The number of hydrogen-bond donors (Lipinski definition) is 2. The maximum absolute atomic E-state index is 11.3. The van der Waals surface area contributed by atoms with Crippen molar-refractivity contribution >= 4 is 5.91 Å². The van der Waals surface area contributed by atoms with E-state index in [2.05, 4.69) is 73.0 Å². The van der Waals surface area contributed by atoms with Gasteiger partial charge in [0.2, 0.25) is 5.91 Å². The van der Waals surface area contributed by atoms with Gasteiger partial charge in [-0.25, -0.2) is 0 Å². The summed E-state index contributed by atoms with van der Waals surface area (Å²) in [5.41, 5.74) is 0. The molecule has 0 aromatic carbocycles. The minimum absolute atomic E-state index is 0.000507. The van der Waals surface area contributed by atoms with Crippen molar-refractivity contribution in [2.75, 3.05) is 13.2 Å².